The zero-order chi connectivity index (χ0) is 16.3. The number of unbranched alkanes of at least 4 members (excludes halogenated alkanes) is 5. The van der Waals surface area contributed by atoms with Gasteiger partial charge >= 0.3 is 0 Å². The molecule has 0 aliphatic heterocycles. The number of aryl methyl sites for hydroxylation is 1. The molecule has 2 rings (SSSR count). The van der Waals surface area contributed by atoms with E-state index in [1.165, 1.54) is 88.2 Å². The van der Waals surface area contributed by atoms with Crippen LogP contribution in [0.3, 0.4) is 0 Å². The van der Waals surface area contributed by atoms with Gasteiger partial charge in [0.15, 0.2) is 0 Å². The SMILES string of the molecule is CCCCCCC1CC=C(c2ccc(CCCCC)cc2)CC1. The third-order valence-corrected chi connectivity index (χ3v) is 5.38. The lowest BCUT2D eigenvalue weighted by molar-refractivity contribution is 0.425. The first-order chi connectivity index (χ1) is 11.3. The van der Waals surface area contributed by atoms with Gasteiger partial charge in [0, 0.05) is 0 Å². The summed E-state index contributed by atoms with van der Waals surface area (Å²) in [6, 6.07) is 9.41. The summed E-state index contributed by atoms with van der Waals surface area (Å²) in [5.74, 6) is 0.948. The number of hydrogen-bond acceptors (Lipinski definition) is 0. The van der Waals surface area contributed by atoms with Crippen LogP contribution in [0.25, 0.3) is 5.57 Å². The summed E-state index contributed by atoms with van der Waals surface area (Å²) in [6.45, 7) is 4.57. The summed E-state index contributed by atoms with van der Waals surface area (Å²) in [5, 5.41) is 0. The Morgan fingerprint density at radius 1 is 0.870 bits per heavy atom. The first-order valence-corrected chi connectivity index (χ1v) is 10.1. The molecule has 0 fully saturated rings. The lowest BCUT2D eigenvalue weighted by Gasteiger charge is -2.22. The summed E-state index contributed by atoms with van der Waals surface area (Å²) in [4.78, 5) is 0. The van der Waals surface area contributed by atoms with Gasteiger partial charge < -0.3 is 0 Å². The first-order valence-electron chi connectivity index (χ1n) is 10.1. The molecule has 1 aromatic rings. The zero-order valence-electron chi connectivity index (χ0n) is 15.4. The molecule has 1 atom stereocenters. The van der Waals surface area contributed by atoms with Gasteiger partial charge in [-0.15, -0.1) is 0 Å². The van der Waals surface area contributed by atoms with Gasteiger partial charge in [-0.1, -0.05) is 89.1 Å². The normalized spacial score (nSPS) is 18.0. The minimum absolute atomic E-state index is 0.948. The maximum absolute atomic E-state index is 2.53. The van der Waals surface area contributed by atoms with E-state index in [0.29, 0.717) is 0 Å². The molecule has 0 heteroatoms. The monoisotopic (exact) mass is 312 g/mol. The van der Waals surface area contributed by atoms with E-state index in [9.17, 15) is 0 Å². The second-order valence-electron chi connectivity index (χ2n) is 7.37. The van der Waals surface area contributed by atoms with Crippen LogP contribution in [-0.2, 0) is 6.42 Å². The van der Waals surface area contributed by atoms with Crippen molar-refractivity contribution < 1.29 is 0 Å². The fourth-order valence-electron chi connectivity index (χ4n) is 3.74. The van der Waals surface area contributed by atoms with Gasteiger partial charge in [-0.3, -0.25) is 0 Å². The van der Waals surface area contributed by atoms with Crippen LogP contribution >= 0.6 is 0 Å². The topological polar surface area (TPSA) is 0 Å². The molecule has 1 aliphatic carbocycles. The average Bonchev–Trinajstić information content (AvgIpc) is 2.60. The Kier molecular flexibility index (Phi) is 8.50. The standard InChI is InChI=1S/C23H36/c1-3-5-7-9-11-21-14-18-23(19-15-21)22-16-12-20(13-17-22)10-8-6-4-2/h12-13,16-18,21H,3-11,14-15,19H2,1-2H3. The zero-order valence-corrected chi connectivity index (χ0v) is 15.4. The molecule has 0 nitrogen and oxygen atoms in total. The summed E-state index contributed by atoms with van der Waals surface area (Å²) in [5.41, 5.74) is 4.57. The molecule has 1 aliphatic rings. The van der Waals surface area contributed by atoms with Gasteiger partial charge in [-0.25, -0.2) is 0 Å². The number of benzene rings is 1. The van der Waals surface area contributed by atoms with E-state index in [1.807, 2.05) is 0 Å². The lowest BCUT2D eigenvalue weighted by Crippen LogP contribution is -2.05. The van der Waals surface area contributed by atoms with Gasteiger partial charge in [0.25, 0.3) is 0 Å². The van der Waals surface area contributed by atoms with Crippen LogP contribution in [0, 0.1) is 5.92 Å². The van der Waals surface area contributed by atoms with Crippen LogP contribution in [0.2, 0.25) is 0 Å². The first kappa shape index (κ1) is 18.3. The second kappa shape index (κ2) is 10.7. The van der Waals surface area contributed by atoms with E-state index in [1.54, 1.807) is 5.57 Å². The van der Waals surface area contributed by atoms with Crippen LogP contribution in [-0.4, -0.2) is 0 Å². The highest BCUT2D eigenvalue weighted by molar-refractivity contribution is 5.66. The molecule has 0 bridgehead atoms. The van der Waals surface area contributed by atoms with Crippen molar-refractivity contribution in [3.8, 4) is 0 Å². The maximum atomic E-state index is 2.53. The Morgan fingerprint density at radius 3 is 2.26 bits per heavy atom. The molecule has 0 saturated heterocycles. The van der Waals surface area contributed by atoms with Crippen LogP contribution < -0.4 is 0 Å². The number of allylic oxidation sites excluding steroid dienone is 2. The van der Waals surface area contributed by atoms with Crippen LogP contribution in [0.15, 0.2) is 30.3 Å². The second-order valence-corrected chi connectivity index (χ2v) is 7.37. The van der Waals surface area contributed by atoms with Crippen LogP contribution in [0.4, 0.5) is 0 Å². The van der Waals surface area contributed by atoms with Crippen LogP contribution in [0.1, 0.15) is 95.6 Å². The minimum atomic E-state index is 0.948. The van der Waals surface area contributed by atoms with Crippen molar-refractivity contribution in [3.63, 3.8) is 0 Å². The Labute approximate surface area is 144 Å². The molecule has 23 heavy (non-hydrogen) atoms. The van der Waals surface area contributed by atoms with E-state index in [0.717, 1.165) is 5.92 Å². The molecule has 0 radical (unpaired) electrons. The molecule has 0 aromatic heterocycles. The smallest absolute Gasteiger partial charge is 0.0228 e. The molecule has 0 heterocycles. The maximum Gasteiger partial charge on any atom is -0.0228 e. The van der Waals surface area contributed by atoms with E-state index in [2.05, 4.69) is 44.2 Å². The molecular weight excluding hydrogens is 276 g/mol. The van der Waals surface area contributed by atoms with Crippen molar-refractivity contribution in [1.82, 2.24) is 0 Å². The predicted molar refractivity (Wildman–Crippen MR) is 104 cm³/mol. The molecule has 0 spiro atoms. The predicted octanol–water partition coefficient (Wildman–Crippen LogP) is 7.57. The Bertz CT molecular complexity index is 451. The van der Waals surface area contributed by atoms with Crippen molar-refractivity contribution in [1.29, 1.82) is 0 Å². The molecule has 1 unspecified atom stereocenters. The molecule has 0 amide bonds. The van der Waals surface area contributed by atoms with Gasteiger partial charge in [0.05, 0.1) is 0 Å². The highest BCUT2D eigenvalue weighted by atomic mass is 14.2. The lowest BCUT2D eigenvalue weighted by atomic mass is 9.83. The molecule has 128 valence electrons. The van der Waals surface area contributed by atoms with Crippen LogP contribution in [0.5, 0.6) is 0 Å². The van der Waals surface area contributed by atoms with E-state index in [4.69, 9.17) is 0 Å². The van der Waals surface area contributed by atoms with Gasteiger partial charge in [0.2, 0.25) is 0 Å². The minimum Gasteiger partial charge on any atom is -0.0804 e. The van der Waals surface area contributed by atoms with Gasteiger partial charge in [0.1, 0.15) is 0 Å². The summed E-state index contributed by atoms with van der Waals surface area (Å²) >= 11 is 0. The van der Waals surface area contributed by atoms with Crippen molar-refractivity contribution in [2.24, 2.45) is 5.92 Å². The summed E-state index contributed by atoms with van der Waals surface area (Å²) < 4.78 is 0. The number of rotatable bonds is 10. The highest BCUT2D eigenvalue weighted by Gasteiger charge is 2.15. The van der Waals surface area contributed by atoms with Crippen molar-refractivity contribution in [2.45, 2.75) is 90.9 Å². The van der Waals surface area contributed by atoms with E-state index < -0.39 is 0 Å². The van der Waals surface area contributed by atoms with E-state index in [-0.39, 0.29) is 0 Å². The molecule has 1 aromatic carbocycles. The third kappa shape index (κ3) is 6.53. The van der Waals surface area contributed by atoms with Crippen molar-refractivity contribution >= 4 is 5.57 Å². The Balaban J connectivity index is 1.77. The van der Waals surface area contributed by atoms with Gasteiger partial charge in [-0.05, 0) is 54.7 Å². The van der Waals surface area contributed by atoms with Crippen molar-refractivity contribution in [3.05, 3.63) is 41.5 Å². The summed E-state index contributed by atoms with van der Waals surface area (Å²) in [6.07, 6.45) is 18.8. The quantitative estimate of drug-likeness (QED) is 0.391. The van der Waals surface area contributed by atoms with E-state index >= 15 is 0 Å². The van der Waals surface area contributed by atoms with Crippen molar-refractivity contribution in [2.75, 3.05) is 0 Å². The molecular formula is C23H36. The highest BCUT2D eigenvalue weighted by Crippen LogP contribution is 2.33. The fraction of sp³-hybridized carbons (Fsp3) is 0.652. The molecule has 0 N–H and O–H groups in total. The third-order valence-electron chi connectivity index (χ3n) is 5.38. The molecule has 0 saturated carbocycles. The largest absolute Gasteiger partial charge is 0.0804 e. The fourth-order valence-corrected chi connectivity index (χ4v) is 3.74. The number of hydrogen-bond donors (Lipinski definition) is 0. The average molecular weight is 313 g/mol. The summed E-state index contributed by atoms with van der Waals surface area (Å²) in [7, 11) is 0. The van der Waals surface area contributed by atoms with Gasteiger partial charge in [-0.2, -0.15) is 0 Å². The Morgan fingerprint density at radius 2 is 1.61 bits per heavy atom. The Hall–Kier alpha value is -1.04.